The normalized spacial score (nSPS) is 11.9. The van der Waals surface area contributed by atoms with Gasteiger partial charge in [0.05, 0.1) is 14.2 Å². The predicted molar refractivity (Wildman–Crippen MR) is 102 cm³/mol. The number of ether oxygens (including phenoxy) is 2. The Morgan fingerprint density at radius 3 is 2.16 bits per heavy atom. The second-order valence-corrected chi connectivity index (χ2v) is 6.56. The first kappa shape index (κ1) is 18.8. The molecule has 1 amide bonds. The lowest BCUT2D eigenvalue weighted by Crippen LogP contribution is -2.22. The summed E-state index contributed by atoms with van der Waals surface area (Å²) < 4.78 is 10.6. The quantitative estimate of drug-likeness (QED) is 0.798. The highest BCUT2D eigenvalue weighted by molar-refractivity contribution is 5.92. The molecule has 0 fully saturated rings. The summed E-state index contributed by atoms with van der Waals surface area (Å²) in [6, 6.07) is 13.8. The minimum atomic E-state index is -0.150. The molecule has 2 aromatic carbocycles. The first-order valence-corrected chi connectivity index (χ1v) is 8.56. The fraction of sp³-hybridized carbons (Fsp3) is 0.381. The van der Waals surface area contributed by atoms with E-state index in [1.165, 1.54) is 5.56 Å². The van der Waals surface area contributed by atoms with Gasteiger partial charge in [0.25, 0.3) is 0 Å². The molecule has 0 heterocycles. The van der Waals surface area contributed by atoms with Crippen molar-refractivity contribution in [1.29, 1.82) is 0 Å². The van der Waals surface area contributed by atoms with Crippen molar-refractivity contribution >= 4 is 11.6 Å². The van der Waals surface area contributed by atoms with Crippen LogP contribution in [0.4, 0.5) is 5.69 Å². The summed E-state index contributed by atoms with van der Waals surface area (Å²) >= 11 is 0. The average molecular weight is 341 g/mol. The molecule has 0 saturated carbocycles. The van der Waals surface area contributed by atoms with Crippen LogP contribution in [-0.2, 0) is 11.2 Å². The highest BCUT2D eigenvalue weighted by Crippen LogP contribution is 2.28. The van der Waals surface area contributed by atoms with Crippen LogP contribution in [0.3, 0.4) is 0 Å². The Morgan fingerprint density at radius 1 is 0.960 bits per heavy atom. The maximum Gasteiger partial charge on any atom is 0.227 e. The Kier molecular flexibility index (Phi) is 6.45. The summed E-state index contributed by atoms with van der Waals surface area (Å²) in [5, 5.41) is 2.98. The Morgan fingerprint density at radius 2 is 1.60 bits per heavy atom. The number of amides is 1. The van der Waals surface area contributed by atoms with Gasteiger partial charge in [-0.3, -0.25) is 4.79 Å². The van der Waals surface area contributed by atoms with Crippen LogP contribution in [0.25, 0.3) is 0 Å². The largest absolute Gasteiger partial charge is 0.493 e. The van der Waals surface area contributed by atoms with Crippen LogP contribution in [-0.4, -0.2) is 20.1 Å². The Balaban J connectivity index is 2.00. The molecule has 4 heteroatoms. The van der Waals surface area contributed by atoms with Gasteiger partial charge in [-0.25, -0.2) is 0 Å². The Labute approximate surface area is 150 Å². The minimum Gasteiger partial charge on any atom is -0.493 e. The average Bonchev–Trinajstić information content (AvgIpc) is 2.61. The molecule has 1 N–H and O–H groups in total. The lowest BCUT2D eigenvalue weighted by molar-refractivity contribution is -0.119. The molecule has 0 radical (unpaired) electrons. The molecule has 1 unspecified atom stereocenters. The smallest absolute Gasteiger partial charge is 0.227 e. The number of benzene rings is 2. The van der Waals surface area contributed by atoms with Crippen LogP contribution >= 0.6 is 0 Å². The molecule has 4 nitrogen and oxygen atoms in total. The zero-order valence-electron chi connectivity index (χ0n) is 15.6. The molecule has 0 saturated heterocycles. The van der Waals surface area contributed by atoms with Crippen molar-refractivity contribution < 1.29 is 14.3 Å². The molecular formula is C21H27NO3. The van der Waals surface area contributed by atoms with Crippen molar-refractivity contribution in [1.82, 2.24) is 0 Å². The zero-order chi connectivity index (χ0) is 18.4. The van der Waals surface area contributed by atoms with E-state index in [9.17, 15) is 4.79 Å². The van der Waals surface area contributed by atoms with Crippen molar-refractivity contribution in [3.05, 3.63) is 53.6 Å². The van der Waals surface area contributed by atoms with Crippen molar-refractivity contribution in [3.63, 3.8) is 0 Å². The van der Waals surface area contributed by atoms with Crippen molar-refractivity contribution in [2.24, 2.45) is 5.92 Å². The van der Waals surface area contributed by atoms with E-state index in [-0.39, 0.29) is 11.8 Å². The van der Waals surface area contributed by atoms with Gasteiger partial charge < -0.3 is 14.8 Å². The van der Waals surface area contributed by atoms with Gasteiger partial charge in [-0.2, -0.15) is 0 Å². The fourth-order valence-corrected chi connectivity index (χ4v) is 2.67. The van der Waals surface area contributed by atoms with Crippen LogP contribution in [0, 0.1) is 5.92 Å². The van der Waals surface area contributed by atoms with E-state index in [0.717, 1.165) is 11.3 Å². The van der Waals surface area contributed by atoms with Crippen molar-refractivity contribution in [2.45, 2.75) is 33.1 Å². The first-order chi connectivity index (χ1) is 11.9. The number of methoxy groups -OCH3 is 2. The van der Waals surface area contributed by atoms with Gasteiger partial charge in [-0.15, -0.1) is 0 Å². The van der Waals surface area contributed by atoms with E-state index in [2.05, 4.69) is 31.3 Å². The summed E-state index contributed by atoms with van der Waals surface area (Å²) in [4.78, 5) is 12.4. The van der Waals surface area contributed by atoms with Crippen LogP contribution in [0.1, 0.15) is 37.8 Å². The second kappa shape index (κ2) is 8.56. The molecule has 0 bridgehead atoms. The molecule has 0 aliphatic carbocycles. The summed E-state index contributed by atoms with van der Waals surface area (Å²) in [5.41, 5.74) is 3.13. The van der Waals surface area contributed by atoms with E-state index < -0.39 is 0 Å². The maximum atomic E-state index is 12.4. The monoisotopic (exact) mass is 341 g/mol. The third kappa shape index (κ3) is 4.99. The van der Waals surface area contributed by atoms with E-state index in [0.29, 0.717) is 23.8 Å². The SMILES string of the molecule is COc1ccc(CC(C)C(=O)Nc2ccc(C(C)C)cc2)cc1OC. The zero-order valence-corrected chi connectivity index (χ0v) is 15.6. The fourth-order valence-electron chi connectivity index (χ4n) is 2.67. The molecule has 0 aliphatic rings. The first-order valence-electron chi connectivity index (χ1n) is 8.56. The molecule has 1 atom stereocenters. The van der Waals surface area contributed by atoms with Crippen molar-refractivity contribution in [3.8, 4) is 11.5 Å². The second-order valence-electron chi connectivity index (χ2n) is 6.56. The number of carbonyl (C=O) groups is 1. The van der Waals surface area contributed by atoms with E-state index in [1.54, 1.807) is 14.2 Å². The molecule has 0 aromatic heterocycles. The molecular weight excluding hydrogens is 314 g/mol. The van der Waals surface area contributed by atoms with Gasteiger partial charge in [0, 0.05) is 11.6 Å². The van der Waals surface area contributed by atoms with Crippen LogP contribution < -0.4 is 14.8 Å². The number of anilines is 1. The maximum absolute atomic E-state index is 12.4. The van der Waals surface area contributed by atoms with Gasteiger partial charge in [0.15, 0.2) is 11.5 Å². The van der Waals surface area contributed by atoms with Gasteiger partial charge >= 0.3 is 0 Å². The molecule has 0 aliphatic heterocycles. The number of nitrogens with one attached hydrogen (secondary N) is 1. The minimum absolute atomic E-state index is 0.00656. The van der Waals surface area contributed by atoms with Crippen LogP contribution in [0.5, 0.6) is 11.5 Å². The molecule has 25 heavy (non-hydrogen) atoms. The number of carbonyl (C=O) groups excluding carboxylic acids is 1. The Hall–Kier alpha value is -2.49. The summed E-state index contributed by atoms with van der Waals surface area (Å²) in [6.07, 6.45) is 0.635. The van der Waals surface area contributed by atoms with Crippen LogP contribution in [0.2, 0.25) is 0 Å². The standard InChI is InChI=1S/C21H27NO3/c1-14(2)17-7-9-18(10-8-17)22-21(23)15(3)12-16-6-11-19(24-4)20(13-16)25-5/h6-11,13-15H,12H2,1-5H3,(H,22,23). The van der Waals surface area contributed by atoms with Gasteiger partial charge in [0.1, 0.15) is 0 Å². The highest BCUT2D eigenvalue weighted by atomic mass is 16.5. The summed E-state index contributed by atoms with van der Waals surface area (Å²) in [6.45, 7) is 6.23. The third-order valence-electron chi connectivity index (χ3n) is 4.28. The molecule has 134 valence electrons. The van der Waals surface area contributed by atoms with Gasteiger partial charge in [0.2, 0.25) is 5.91 Å². The molecule has 2 aromatic rings. The number of hydrogen-bond acceptors (Lipinski definition) is 3. The van der Waals surface area contributed by atoms with E-state index >= 15 is 0 Å². The molecule has 0 spiro atoms. The summed E-state index contributed by atoms with van der Waals surface area (Å²) in [7, 11) is 3.22. The lowest BCUT2D eigenvalue weighted by atomic mass is 9.99. The number of rotatable bonds is 7. The molecule has 2 rings (SSSR count). The number of hydrogen-bond donors (Lipinski definition) is 1. The summed E-state index contributed by atoms with van der Waals surface area (Å²) in [5.74, 6) is 1.70. The predicted octanol–water partition coefficient (Wildman–Crippen LogP) is 4.64. The highest BCUT2D eigenvalue weighted by Gasteiger charge is 2.15. The van der Waals surface area contributed by atoms with Gasteiger partial charge in [-0.1, -0.05) is 39.0 Å². The van der Waals surface area contributed by atoms with Crippen molar-refractivity contribution in [2.75, 3.05) is 19.5 Å². The van der Waals surface area contributed by atoms with E-state index in [1.807, 2.05) is 37.3 Å². The Bertz CT molecular complexity index is 708. The van der Waals surface area contributed by atoms with E-state index in [4.69, 9.17) is 9.47 Å². The van der Waals surface area contributed by atoms with Gasteiger partial charge in [-0.05, 0) is 47.7 Å². The van der Waals surface area contributed by atoms with Crippen LogP contribution in [0.15, 0.2) is 42.5 Å². The third-order valence-corrected chi connectivity index (χ3v) is 4.28. The lowest BCUT2D eigenvalue weighted by Gasteiger charge is -2.14. The topological polar surface area (TPSA) is 47.6 Å².